The van der Waals surface area contributed by atoms with Gasteiger partial charge < -0.3 is 10.6 Å². The van der Waals surface area contributed by atoms with E-state index in [-0.39, 0.29) is 23.3 Å². The van der Waals surface area contributed by atoms with Crippen molar-refractivity contribution in [2.45, 2.75) is 13.0 Å². The molecule has 2 aromatic rings. The van der Waals surface area contributed by atoms with E-state index in [1.54, 1.807) is 45.4 Å². The Bertz CT molecular complexity index is 634. The fourth-order valence-corrected chi connectivity index (χ4v) is 1.79. The fraction of sp³-hybridized carbons (Fsp3) is 0.286. The molecule has 106 valence electrons. The van der Waals surface area contributed by atoms with Gasteiger partial charge in [-0.3, -0.25) is 4.79 Å². The molecule has 0 aliphatic heterocycles. The Hall–Kier alpha value is -2.21. The number of halogens is 1. The van der Waals surface area contributed by atoms with Crippen LogP contribution in [0.4, 0.5) is 4.39 Å². The third-order valence-corrected chi connectivity index (χ3v) is 2.96. The third-order valence-electron chi connectivity index (χ3n) is 2.96. The first-order valence-electron chi connectivity index (χ1n) is 6.23. The summed E-state index contributed by atoms with van der Waals surface area (Å²) in [5, 5.41) is 4.09. The molecule has 1 heterocycles. The number of amides is 1. The van der Waals surface area contributed by atoms with Gasteiger partial charge in [-0.2, -0.15) is 5.10 Å². The fourth-order valence-electron chi connectivity index (χ4n) is 1.79. The molecule has 0 fully saturated rings. The molecule has 0 radical (unpaired) electrons. The van der Waals surface area contributed by atoms with E-state index in [0.29, 0.717) is 5.56 Å². The van der Waals surface area contributed by atoms with Gasteiger partial charge in [0.2, 0.25) is 0 Å². The Kier molecular flexibility index (Phi) is 3.85. The van der Waals surface area contributed by atoms with Crippen LogP contribution in [0.1, 0.15) is 29.0 Å². The summed E-state index contributed by atoms with van der Waals surface area (Å²) in [5.41, 5.74) is 6.97. The van der Waals surface area contributed by atoms with Crippen LogP contribution in [0.2, 0.25) is 0 Å². The largest absolute Gasteiger partial charge is 0.343 e. The number of carbonyl (C=O) groups excluding carboxylic acids is 1. The minimum Gasteiger partial charge on any atom is -0.343 e. The Balaban J connectivity index is 2.35. The number of nitrogens with two attached hydrogens (primary N) is 1. The van der Waals surface area contributed by atoms with Gasteiger partial charge in [0.15, 0.2) is 5.69 Å². The van der Waals surface area contributed by atoms with Gasteiger partial charge in [0.05, 0.1) is 0 Å². The van der Waals surface area contributed by atoms with Crippen LogP contribution in [0.5, 0.6) is 0 Å². The summed E-state index contributed by atoms with van der Waals surface area (Å²) >= 11 is 0. The normalized spacial score (nSPS) is 12.2. The van der Waals surface area contributed by atoms with Crippen LogP contribution in [-0.2, 0) is 0 Å². The van der Waals surface area contributed by atoms with Gasteiger partial charge in [-0.25, -0.2) is 9.07 Å². The highest BCUT2D eigenvalue weighted by Gasteiger charge is 2.14. The van der Waals surface area contributed by atoms with Gasteiger partial charge in [-0.15, -0.1) is 0 Å². The molecule has 0 spiro atoms. The highest BCUT2D eigenvalue weighted by atomic mass is 19.1. The first-order valence-corrected chi connectivity index (χ1v) is 6.23. The van der Waals surface area contributed by atoms with E-state index in [9.17, 15) is 9.18 Å². The molecule has 2 N–H and O–H groups in total. The minimum atomic E-state index is -0.424. The molecule has 0 saturated heterocycles. The van der Waals surface area contributed by atoms with E-state index in [0.717, 1.165) is 0 Å². The Morgan fingerprint density at radius 2 is 2.10 bits per heavy atom. The Morgan fingerprint density at radius 1 is 1.40 bits per heavy atom. The second-order valence-electron chi connectivity index (χ2n) is 4.84. The van der Waals surface area contributed by atoms with E-state index in [4.69, 9.17) is 5.73 Å². The molecule has 0 saturated carbocycles. The summed E-state index contributed by atoms with van der Waals surface area (Å²) < 4.78 is 15.4. The van der Waals surface area contributed by atoms with Gasteiger partial charge in [-0.1, -0.05) is 6.07 Å². The molecular weight excluding hydrogens is 259 g/mol. The van der Waals surface area contributed by atoms with E-state index in [1.807, 2.05) is 0 Å². The zero-order chi connectivity index (χ0) is 14.9. The molecule has 2 rings (SSSR count). The van der Waals surface area contributed by atoms with E-state index < -0.39 is 5.82 Å². The van der Waals surface area contributed by atoms with Crippen LogP contribution in [0.3, 0.4) is 0 Å². The first-order chi connectivity index (χ1) is 9.40. The second-order valence-corrected chi connectivity index (χ2v) is 4.84. The van der Waals surface area contributed by atoms with Crippen molar-refractivity contribution in [1.82, 2.24) is 14.7 Å². The summed E-state index contributed by atoms with van der Waals surface area (Å²) in [4.78, 5) is 13.2. The summed E-state index contributed by atoms with van der Waals surface area (Å²) in [5.74, 6) is -0.650. The average Bonchev–Trinajstić information content (AvgIpc) is 2.86. The Morgan fingerprint density at radius 3 is 2.65 bits per heavy atom. The van der Waals surface area contributed by atoms with Crippen molar-refractivity contribution in [3.8, 4) is 5.69 Å². The number of aromatic nitrogens is 2. The summed E-state index contributed by atoms with van der Waals surface area (Å²) in [6.07, 6.45) is 1.56. The van der Waals surface area contributed by atoms with E-state index in [2.05, 4.69) is 5.10 Å². The van der Waals surface area contributed by atoms with Crippen LogP contribution in [0.25, 0.3) is 5.69 Å². The predicted molar refractivity (Wildman–Crippen MR) is 74.1 cm³/mol. The van der Waals surface area contributed by atoms with Crippen LogP contribution in [0.15, 0.2) is 30.5 Å². The molecule has 1 aromatic carbocycles. The zero-order valence-corrected chi connectivity index (χ0v) is 11.7. The zero-order valence-electron chi connectivity index (χ0n) is 11.7. The molecule has 5 nitrogen and oxygen atoms in total. The number of hydrogen-bond donors (Lipinski definition) is 1. The minimum absolute atomic E-state index is 0.226. The third kappa shape index (κ3) is 2.70. The molecule has 1 atom stereocenters. The Labute approximate surface area is 116 Å². The summed E-state index contributed by atoms with van der Waals surface area (Å²) in [7, 11) is 3.28. The highest BCUT2D eigenvalue weighted by molar-refractivity contribution is 5.91. The van der Waals surface area contributed by atoms with Crippen molar-refractivity contribution >= 4 is 5.91 Å². The lowest BCUT2D eigenvalue weighted by molar-refractivity contribution is 0.0821. The quantitative estimate of drug-likeness (QED) is 0.928. The summed E-state index contributed by atoms with van der Waals surface area (Å²) in [6, 6.07) is 6.06. The van der Waals surface area contributed by atoms with Crippen LogP contribution >= 0.6 is 0 Å². The molecule has 0 unspecified atom stereocenters. The van der Waals surface area contributed by atoms with E-state index >= 15 is 0 Å². The van der Waals surface area contributed by atoms with Crippen molar-refractivity contribution in [3.05, 3.63) is 47.5 Å². The second kappa shape index (κ2) is 5.42. The molecular formula is C14H17FN4O. The number of nitrogens with zero attached hydrogens (tertiary/aromatic N) is 3. The molecule has 0 bridgehead atoms. The van der Waals surface area contributed by atoms with Gasteiger partial charge in [0.1, 0.15) is 11.5 Å². The van der Waals surface area contributed by atoms with Crippen molar-refractivity contribution in [1.29, 1.82) is 0 Å². The van der Waals surface area contributed by atoms with Crippen molar-refractivity contribution in [3.63, 3.8) is 0 Å². The lowest BCUT2D eigenvalue weighted by Gasteiger charge is -2.09. The average molecular weight is 276 g/mol. The monoisotopic (exact) mass is 276 g/mol. The van der Waals surface area contributed by atoms with Crippen molar-refractivity contribution in [2.24, 2.45) is 5.73 Å². The molecule has 0 aliphatic carbocycles. The molecule has 1 aromatic heterocycles. The maximum absolute atomic E-state index is 14.1. The predicted octanol–water partition coefficient (Wildman–Crippen LogP) is 1.73. The number of benzene rings is 1. The van der Waals surface area contributed by atoms with E-state index in [1.165, 1.54) is 15.6 Å². The summed E-state index contributed by atoms with van der Waals surface area (Å²) in [6.45, 7) is 1.79. The maximum atomic E-state index is 14.1. The lowest BCUT2D eigenvalue weighted by atomic mass is 10.1. The lowest BCUT2D eigenvalue weighted by Crippen LogP contribution is -2.22. The van der Waals surface area contributed by atoms with Crippen LogP contribution in [0, 0.1) is 5.82 Å². The van der Waals surface area contributed by atoms with Crippen LogP contribution in [-0.4, -0.2) is 34.7 Å². The number of carbonyl (C=O) groups is 1. The van der Waals surface area contributed by atoms with Gasteiger partial charge in [0, 0.05) is 26.3 Å². The van der Waals surface area contributed by atoms with Crippen molar-refractivity contribution in [2.75, 3.05) is 14.1 Å². The van der Waals surface area contributed by atoms with Gasteiger partial charge in [-0.05, 0) is 30.7 Å². The molecule has 0 aliphatic rings. The van der Waals surface area contributed by atoms with Crippen LogP contribution < -0.4 is 5.73 Å². The smallest absolute Gasteiger partial charge is 0.273 e. The molecule has 20 heavy (non-hydrogen) atoms. The molecule has 6 heteroatoms. The number of rotatable bonds is 3. The SMILES string of the molecule is C[C@@H](N)c1ccc(-n2ccc(C(=O)N(C)C)n2)c(F)c1. The van der Waals surface area contributed by atoms with Crippen molar-refractivity contribution < 1.29 is 9.18 Å². The maximum Gasteiger partial charge on any atom is 0.273 e. The molecule has 1 amide bonds. The van der Waals surface area contributed by atoms with Gasteiger partial charge >= 0.3 is 0 Å². The standard InChI is InChI=1S/C14H17FN4O/c1-9(16)10-4-5-13(11(15)8-10)19-7-6-12(17-19)14(20)18(2)3/h4-9H,16H2,1-3H3/t9-/m1/s1. The number of hydrogen-bond acceptors (Lipinski definition) is 3. The first kappa shape index (κ1) is 14.2. The topological polar surface area (TPSA) is 64.2 Å². The van der Waals surface area contributed by atoms with Gasteiger partial charge in [0.25, 0.3) is 5.91 Å². The highest BCUT2D eigenvalue weighted by Crippen LogP contribution is 2.18.